The maximum absolute atomic E-state index is 10.8. The lowest BCUT2D eigenvalue weighted by Crippen LogP contribution is -2.03. The molecule has 0 bridgehead atoms. The predicted octanol–water partition coefficient (Wildman–Crippen LogP) is 2.03. The number of nitrogens with zero attached hydrogens (tertiary/aromatic N) is 4. The van der Waals surface area contributed by atoms with E-state index in [0.717, 1.165) is 0 Å². The lowest BCUT2D eigenvalue weighted by Gasteiger charge is -2.08. The van der Waals surface area contributed by atoms with Crippen LogP contribution in [0.2, 0.25) is 5.02 Å². The van der Waals surface area contributed by atoms with Crippen molar-refractivity contribution in [3.05, 3.63) is 38.5 Å². The number of aromatic nitrogens is 3. The van der Waals surface area contributed by atoms with E-state index in [-0.39, 0.29) is 10.7 Å². The first-order valence-corrected chi connectivity index (χ1v) is 5.42. The van der Waals surface area contributed by atoms with Crippen LogP contribution in [0.3, 0.4) is 0 Å². The topological polar surface area (TPSA) is 99.9 Å². The molecule has 94 valence electrons. The molecule has 0 saturated heterocycles. The highest BCUT2D eigenvalue weighted by molar-refractivity contribution is 6.32. The van der Waals surface area contributed by atoms with Gasteiger partial charge in [-0.2, -0.15) is 0 Å². The lowest BCUT2D eigenvalue weighted by atomic mass is 10.1. The third-order valence-electron chi connectivity index (χ3n) is 2.62. The zero-order valence-electron chi connectivity index (χ0n) is 9.72. The summed E-state index contributed by atoms with van der Waals surface area (Å²) in [4.78, 5) is 10.2. The summed E-state index contributed by atoms with van der Waals surface area (Å²) in [5.41, 5.74) is 7.41. The SMILES string of the molecule is Cc1cc([N+](=O)[O-])c(Cl)cc1-n1nnc(N)c1C. The number of nitro groups is 1. The van der Waals surface area contributed by atoms with Crippen LogP contribution in [0.4, 0.5) is 11.5 Å². The summed E-state index contributed by atoms with van der Waals surface area (Å²) in [7, 11) is 0. The van der Waals surface area contributed by atoms with Crippen molar-refractivity contribution in [2.45, 2.75) is 13.8 Å². The third-order valence-corrected chi connectivity index (χ3v) is 2.92. The van der Waals surface area contributed by atoms with Gasteiger partial charge < -0.3 is 5.73 Å². The first-order valence-electron chi connectivity index (χ1n) is 5.04. The summed E-state index contributed by atoms with van der Waals surface area (Å²) in [5.74, 6) is 0.309. The van der Waals surface area contributed by atoms with Gasteiger partial charge in [-0.3, -0.25) is 10.1 Å². The van der Waals surface area contributed by atoms with Crippen LogP contribution in [0.15, 0.2) is 12.1 Å². The van der Waals surface area contributed by atoms with Crippen LogP contribution in [0.25, 0.3) is 5.69 Å². The number of hydrogen-bond donors (Lipinski definition) is 1. The Bertz CT molecular complexity index is 637. The first-order chi connectivity index (χ1) is 8.41. The van der Waals surface area contributed by atoms with Gasteiger partial charge in [0.1, 0.15) is 5.02 Å². The van der Waals surface area contributed by atoms with Crippen molar-refractivity contribution in [2.24, 2.45) is 0 Å². The molecule has 1 heterocycles. The van der Waals surface area contributed by atoms with E-state index in [1.165, 1.54) is 16.8 Å². The molecule has 7 nitrogen and oxygen atoms in total. The van der Waals surface area contributed by atoms with Crippen LogP contribution in [0.5, 0.6) is 0 Å². The number of aryl methyl sites for hydroxylation is 1. The molecule has 0 unspecified atom stereocenters. The average Bonchev–Trinajstić information content (AvgIpc) is 2.62. The summed E-state index contributed by atoms with van der Waals surface area (Å²) in [6.45, 7) is 3.49. The van der Waals surface area contributed by atoms with Gasteiger partial charge in [0.15, 0.2) is 5.82 Å². The average molecular weight is 268 g/mol. The fourth-order valence-electron chi connectivity index (χ4n) is 1.59. The van der Waals surface area contributed by atoms with Crippen LogP contribution in [-0.4, -0.2) is 19.9 Å². The van der Waals surface area contributed by atoms with Gasteiger partial charge in [-0.1, -0.05) is 16.8 Å². The molecule has 2 aromatic rings. The minimum Gasteiger partial charge on any atom is -0.381 e. The molecular weight excluding hydrogens is 258 g/mol. The van der Waals surface area contributed by atoms with Crippen molar-refractivity contribution in [3.8, 4) is 5.69 Å². The predicted molar refractivity (Wildman–Crippen MR) is 66.9 cm³/mol. The maximum Gasteiger partial charge on any atom is 0.288 e. The van der Waals surface area contributed by atoms with Crippen molar-refractivity contribution >= 4 is 23.1 Å². The van der Waals surface area contributed by atoms with Gasteiger partial charge in [-0.05, 0) is 25.5 Å². The Labute approximate surface area is 107 Å². The monoisotopic (exact) mass is 267 g/mol. The van der Waals surface area contributed by atoms with Gasteiger partial charge in [-0.15, -0.1) is 5.10 Å². The fourth-order valence-corrected chi connectivity index (χ4v) is 1.82. The molecule has 0 saturated carbocycles. The summed E-state index contributed by atoms with van der Waals surface area (Å²) >= 11 is 5.87. The second-order valence-corrected chi connectivity index (χ2v) is 4.23. The van der Waals surface area contributed by atoms with E-state index < -0.39 is 4.92 Å². The highest BCUT2D eigenvalue weighted by Crippen LogP contribution is 2.30. The summed E-state index contributed by atoms with van der Waals surface area (Å²) < 4.78 is 1.50. The lowest BCUT2D eigenvalue weighted by molar-refractivity contribution is -0.384. The van der Waals surface area contributed by atoms with E-state index in [9.17, 15) is 10.1 Å². The zero-order valence-corrected chi connectivity index (χ0v) is 10.5. The number of benzene rings is 1. The number of hydrogen-bond acceptors (Lipinski definition) is 5. The van der Waals surface area contributed by atoms with E-state index >= 15 is 0 Å². The molecule has 0 atom stereocenters. The van der Waals surface area contributed by atoms with Crippen LogP contribution < -0.4 is 5.73 Å². The molecular formula is C10H10ClN5O2. The Morgan fingerprint density at radius 1 is 1.44 bits per heavy atom. The van der Waals surface area contributed by atoms with Crippen LogP contribution in [-0.2, 0) is 0 Å². The van der Waals surface area contributed by atoms with Crippen LogP contribution >= 0.6 is 11.6 Å². The largest absolute Gasteiger partial charge is 0.381 e. The Balaban J connectivity index is 2.63. The number of nitrogen functional groups attached to an aromatic ring is 1. The molecule has 0 spiro atoms. The van der Waals surface area contributed by atoms with Crippen molar-refractivity contribution in [3.63, 3.8) is 0 Å². The highest BCUT2D eigenvalue weighted by Gasteiger charge is 2.17. The molecule has 2 N–H and O–H groups in total. The molecule has 0 amide bonds. The Morgan fingerprint density at radius 3 is 2.61 bits per heavy atom. The Kier molecular flexibility index (Phi) is 2.92. The highest BCUT2D eigenvalue weighted by atomic mass is 35.5. The van der Waals surface area contributed by atoms with Gasteiger partial charge in [-0.25, -0.2) is 4.68 Å². The van der Waals surface area contributed by atoms with Gasteiger partial charge in [0.05, 0.1) is 16.3 Å². The number of nitrogens with two attached hydrogens (primary N) is 1. The summed E-state index contributed by atoms with van der Waals surface area (Å²) in [5, 5.41) is 18.4. The number of halogens is 1. The molecule has 0 aliphatic heterocycles. The Morgan fingerprint density at radius 2 is 2.11 bits per heavy atom. The second kappa shape index (κ2) is 4.26. The van der Waals surface area contributed by atoms with Gasteiger partial charge in [0.2, 0.25) is 0 Å². The normalized spacial score (nSPS) is 10.6. The minimum absolute atomic E-state index is 0.0501. The van der Waals surface area contributed by atoms with E-state index in [2.05, 4.69) is 10.3 Å². The van der Waals surface area contributed by atoms with Gasteiger partial charge in [0.25, 0.3) is 5.69 Å². The molecule has 18 heavy (non-hydrogen) atoms. The van der Waals surface area contributed by atoms with E-state index in [4.69, 9.17) is 17.3 Å². The number of anilines is 1. The van der Waals surface area contributed by atoms with Gasteiger partial charge >= 0.3 is 0 Å². The van der Waals surface area contributed by atoms with E-state index in [1.54, 1.807) is 13.8 Å². The maximum atomic E-state index is 10.8. The molecule has 1 aromatic heterocycles. The minimum atomic E-state index is -0.526. The zero-order chi connectivity index (χ0) is 13.4. The standard InChI is InChI=1S/C10H10ClN5O2/c1-5-3-9(16(17)18)7(11)4-8(5)15-6(2)10(12)13-14-15/h3-4H,12H2,1-2H3. The van der Waals surface area contributed by atoms with Crippen LogP contribution in [0.1, 0.15) is 11.3 Å². The van der Waals surface area contributed by atoms with Gasteiger partial charge in [0, 0.05) is 6.07 Å². The molecule has 0 radical (unpaired) electrons. The summed E-state index contributed by atoms with van der Waals surface area (Å²) in [6, 6.07) is 2.88. The van der Waals surface area contributed by atoms with Crippen molar-refractivity contribution in [1.29, 1.82) is 0 Å². The summed E-state index contributed by atoms with van der Waals surface area (Å²) in [6.07, 6.45) is 0. The van der Waals surface area contributed by atoms with E-state index in [1.807, 2.05) is 0 Å². The molecule has 1 aromatic carbocycles. The van der Waals surface area contributed by atoms with Crippen molar-refractivity contribution in [1.82, 2.24) is 15.0 Å². The quantitative estimate of drug-likeness (QED) is 0.663. The third kappa shape index (κ3) is 1.88. The molecule has 0 aliphatic rings. The van der Waals surface area contributed by atoms with E-state index in [0.29, 0.717) is 22.8 Å². The smallest absolute Gasteiger partial charge is 0.288 e. The molecule has 2 rings (SSSR count). The van der Waals surface area contributed by atoms with Crippen molar-refractivity contribution in [2.75, 3.05) is 5.73 Å². The molecule has 8 heteroatoms. The van der Waals surface area contributed by atoms with Crippen molar-refractivity contribution < 1.29 is 4.92 Å². The molecule has 0 aliphatic carbocycles. The van der Waals surface area contributed by atoms with Crippen LogP contribution in [0, 0.1) is 24.0 Å². The number of rotatable bonds is 2. The molecule has 0 fully saturated rings. The first kappa shape index (κ1) is 12.3. The fraction of sp³-hybridized carbons (Fsp3) is 0.200. The Hall–Kier alpha value is -2.15. The second-order valence-electron chi connectivity index (χ2n) is 3.82. The number of nitro benzene ring substituents is 1.